The highest BCUT2D eigenvalue weighted by molar-refractivity contribution is 6.05. The van der Waals surface area contributed by atoms with Crippen molar-refractivity contribution in [2.24, 2.45) is 0 Å². The van der Waals surface area contributed by atoms with Crippen molar-refractivity contribution < 1.29 is 23.8 Å². The molecule has 0 radical (unpaired) electrons. The van der Waals surface area contributed by atoms with Gasteiger partial charge in [0.15, 0.2) is 6.61 Å². The summed E-state index contributed by atoms with van der Waals surface area (Å²) in [6, 6.07) is 19.8. The van der Waals surface area contributed by atoms with Gasteiger partial charge in [0.25, 0.3) is 11.8 Å². The summed E-state index contributed by atoms with van der Waals surface area (Å²) in [5, 5.41) is 2.88. The third kappa shape index (κ3) is 4.83. The van der Waals surface area contributed by atoms with Gasteiger partial charge in [0.1, 0.15) is 23.9 Å². The highest BCUT2D eigenvalue weighted by Gasteiger charge is 2.26. The lowest BCUT2D eigenvalue weighted by atomic mass is 10.1. The molecule has 4 rings (SSSR count). The van der Waals surface area contributed by atoms with Gasteiger partial charge in [-0.3, -0.25) is 9.59 Å². The Labute approximate surface area is 186 Å². The summed E-state index contributed by atoms with van der Waals surface area (Å²) in [5.74, 6) is 1.63. The van der Waals surface area contributed by atoms with E-state index < -0.39 is 0 Å². The van der Waals surface area contributed by atoms with Crippen LogP contribution >= 0.6 is 0 Å². The van der Waals surface area contributed by atoms with Gasteiger partial charge < -0.3 is 24.4 Å². The summed E-state index contributed by atoms with van der Waals surface area (Å²) in [6.45, 7) is 2.58. The van der Waals surface area contributed by atoms with Gasteiger partial charge in [0.05, 0.1) is 19.3 Å². The first-order valence-electron chi connectivity index (χ1n) is 10.3. The lowest BCUT2D eigenvalue weighted by Crippen LogP contribution is -2.41. The summed E-state index contributed by atoms with van der Waals surface area (Å²) in [7, 11) is 1.61. The van der Waals surface area contributed by atoms with Crippen molar-refractivity contribution in [3.8, 4) is 17.2 Å². The van der Waals surface area contributed by atoms with Crippen molar-refractivity contribution in [2.75, 3.05) is 37.1 Å². The molecule has 32 heavy (non-hydrogen) atoms. The fraction of sp³-hybridized carbons (Fsp3) is 0.200. The van der Waals surface area contributed by atoms with Gasteiger partial charge in [-0.15, -0.1) is 0 Å². The summed E-state index contributed by atoms with van der Waals surface area (Å²) in [4.78, 5) is 26.7. The maximum atomic E-state index is 12.6. The zero-order valence-electron chi connectivity index (χ0n) is 18.0. The van der Waals surface area contributed by atoms with E-state index in [1.54, 1.807) is 42.3 Å². The van der Waals surface area contributed by atoms with Crippen molar-refractivity contribution in [3.63, 3.8) is 0 Å². The number of amides is 2. The third-order valence-electron chi connectivity index (χ3n) is 5.12. The van der Waals surface area contributed by atoms with E-state index >= 15 is 0 Å². The normalized spacial score (nSPS) is 12.6. The van der Waals surface area contributed by atoms with Crippen LogP contribution in [0.4, 0.5) is 11.4 Å². The van der Waals surface area contributed by atoms with Gasteiger partial charge >= 0.3 is 0 Å². The average molecular weight is 432 g/mol. The van der Waals surface area contributed by atoms with Crippen LogP contribution in [0.3, 0.4) is 0 Å². The molecule has 164 valence electrons. The van der Waals surface area contributed by atoms with Gasteiger partial charge in [-0.1, -0.05) is 17.7 Å². The van der Waals surface area contributed by atoms with Crippen LogP contribution < -0.4 is 24.4 Å². The fourth-order valence-electron chi connectivity index (χ4n) is 3.36. The van der Waals surface area contributed by atoms with Crippen LogP contribution in [0.2, 0.25) is 0 Å². The van der Waals surface area contributed by atoms with Crippen molar-refractivity contribution in [1.82, 2.24) is 0 Å². The number of hydrogen-bond acceptors (Lipinski definition) is 5. The van der Waals surface area contributed by atoms with Crippen molar-refractivity contribution in [2.45, 2.75) is 6.92 Å². The van der Waals surface area contributed by atoms with Crippen molar-refractivity contribution >= 4 is 23.2 Å². The molecule has 0 aromatic heterocycles. The van der Waals surface area contributed by atoms with E-state index in [9.17, 15) is 9.59 Å². The molecule has 0 saturated heterocycles. The van der Waals surface area contributed by atoms with Crippen LogP contribution in [0.5, 0.6) is 17.2 Å². The number of hydrogen-bond donors (Lipinski definition) is 1. The molecule has 7 heteroatoms. The molecule has 0 unspecified atom stereocenters. The Balaban J connectivity index is 1.45. The molecule has 7 nitrogen and oxygen atoms in total. The fourth-order valence-corrected chi connectivity index (χ4v) is 3.36. The first kappa shape index (κ1) is 21.2. The molecular formula is C25H24N2O5. The Morgan fingerprint density at radius 3 is 2.47 bits per heavy atom. The highest BCUT2D eigenvalue weighted by atomic mass is 16.5. The third-order valence-corrected chi connectivity index (χ3v) is 5.12. The number of anilines is 2. The van der Waals surface area contributed by atoms with Gasteiger partial charge in [0, 0.05) is 11.3 Å². The van der Waals surface area contributed by atoms with E-state index in [1.165, 1.54) is 0 Å². The molecule has 1 N–H and O–H groups in total. The highest BCUT2D eigenvalue weighted by Crippen LogP contribution is 2.34. The van der Waals surface area contributed by atoms with E-state index in [2.05, 4.69) is 5.32 Å². The van der Waals surface area contributed by atoms with Crippen LogP contribution in [0, 0.1) is 6.92 Å². The second-order valence-corrected chi connectivity index (χ2v) is 7.36. The molecule has 0 fully saturated rings. The number of methoxy groups -OCH3 is 1. The molecule has 0 saturated carbocycles. The van der Waals surface area contributed by atoms with Gasteiger partial charge in [0.2, 0.25) is 0 Å². The zero-order valence-corrected chi connectivity index (χ0v) is 18.0. The second-order valence-electron chi connectivity index (χ2n) is 7.36. The summed E-state index contributed by atoms with van der Waals surface area (Å²) < 4.78 is 16.5. The van der Waals surface area contributed by atoms with Gasteiger partial charge in [-0.2, -0.15) is 0 Å². The Bertz CT molecular complexity index is 1110. The molecule has 1 aliphatic heterocycles. The first-order chi connectivity index (χ1) is 15.5. The second kappa shape index (κ2) is 9.43. The number of carbonyl (C=O) groups excluding carboxylic acids is 2. The van der Waals surface area contributed by atoms with Crippen LogP contribution in [-0.2, 0) is 4.79 Å². The zero-order chi connectivity index (χ0) is 22.5. The summed E-state index contributed by atoms with van der Waals surface area (Å²) >= 11 is 0. The number of fused-ring (bicyclic) bond motifs is 1. The molecule has 1 heterocycles. The van der Waals surface area contributed by atoms with Crippen molar-refractivity contribution in [3.05, 3.63) is 77.9 Å². The SMILES string of the molecule is COc1ccc(OCCN2C(=O)COc3ccc(NC(=O)c4ccc(C)cc4)cc32)cc1. The Kier molecular flexibility index (Phi) is 6.26. The monoisotopic (exact) mass is 432 g/mol. The van der Waals surface area contributed by atoms with Crippen LogP contribution in [0.25, 0.3) is 0 Å². The molecular weight excluding hydrogens is 408 g/mol. The lowest BCUT2D eigenvalue weighted by Gasteiger charge is -2.29. The smallest absolute Gasteiger partial charge is 0.265 e. The predicted octanol–water partition coefficient (Wildman–Crippen LogP) is 4.06. The minimum atomic E-state index is -0.220. The van der Waals surface area contributed by atoms with E-state index in [4.69, 9.17) is 14.2 Å². The molecule has 0 bridgehead atoms. The van der Waals surface area contributed by atoms with Crippen LogP contribution in [0.1, 0.15) is 15.9 Å². The number of benzene rings is 3. The topological polar surface area (TPSA) is 77.1 Å². The average Bonchev–Trinajstić information content (AvgIpc) is 2.81. The molecule has 0 spiro atoms. The minimum absolute atomic E-state index is 0.0371. The van der Waals surface area contributed by atoms with Gasteiger partial charge in [-0.25, -0.2) is 0 Å². The summed E-state index contributed by atoms with van der Waals surface area (Å²) in [6.07, 6.45) is 0. The lowest BCUT2D eigenvalue weighted by molar-refractivity contribution is -0.121. The van der Waals surface area contributed by atoms with Crippen LogP contribution in [0.15, 0.2) is 66.7 Å². The largest absolute Gasteiger partial charge is 0.497 e. The molecule has 3 aromatic rings. The molecule has 1 aliphatic rings. The Hall–Kier alpha value is -4.00. The molecule has 2 amide bonds. The summed E-state index contributed by atoms with van der Waals surface area (Å²) in [5.41, 5.74) is 2.82. The quantitative estimate of drug-likeness (QED) is 0.609. The Morgan fingerprint density at radius 2 is 1.75 bits per heavy atom. The van der Waals surface area contributed by atoms with Crippen molar-refractivity contribution in [1.29, 1.82) is 0 Å². The number of ether oxygens (including phenoxy) is 3. The van der Waals surface area contributed by atoms with Crippen LogP contribution in [-0.4, -0.2) is 38.7 Å². The molecule has 0 atom stereocenters. The number of carbonyl (C=O) groups is 2. The maximum absolute atomic E-state index is 12.6. The molecule has 0 aliphatic carbocycles. The standard InChI is InChI=1S/C25H24N2O5/c1-17-3-5-18(6-4-17)25(29)26-19-7-12-23-22(15-19)27(24(28)16-32-23)13-14-31-21-10-8-20(30-2)9-11-21/h3-12,15H,13-14,16H2,1-2H3,(H,26,29). The van der Waals surface area contributed by atoms with E-state index in [1.807, 2.05) is 43.3 Å². The minimum Gasteiger partial charge on any atom is -0.497 e. The Morgan fingerprint density at radius 1 is 1.03 bits per heavy atom. The van der Waals surface area contributed by atoms with E-state index in [0.29, 0.717) is 41.6 Å². The maximum Gasteiger partial charge on any atom is 0.265 e. The number of aryl methyl sites for hydroxylation is 1. The number of rotatable bonds is 7. The first-order valence-corrected chi connectivity index (χ1v) is 10.3. The molecule has 3 aromatic carbocycles. The van der Waals surface area contributed by atoms with E-state index in [0.717, 1.165) is 11.3 Å². The van der Waals surface area contributed by atoms with E-state index in [-0.39, 0.29) is 18.4 Å². The van der Waals surface area contributed by atoms with Gasteiger partial charge in [-0.05, 0) is 61.5 Å². The number of nitrogens with one attached hydrogen (secondary N) is 1. The number of nitrogens with zero attached hydrogens (tertiary/aromatic N) is 1. The predicted molar refractivity (Wildman–Crippen MR) is 122 cm³/mol.